The van der Waals surface area contributed by atoms with Crippen molar-refractivity contribution in [3.63, 3.8) is 0 Å². The molecule has 0 aliphatic carbocycles. The predicted molar refractivity (Wildman–Crippen MR) is 341 cm³/mol. The number of ether oxygens (including phenoxy) is 1. The molecule has 6 rings (SSSR count). The topological polar surface area (TPSA) is 485 Å². The van der Waals surface area contributed by atoms with E-state index in [4.69, 9.17) is 84.9 Å². The van der Waals surface area contributed by atoms with Crippen LogP contribution in [0.2, 0.25) is 0 Å². The van der Waals surface area contributed by atoms with Crippen molar-refractivity contribution >= 4 is 81.8 Å². The molecule has 2 saturated heterocycles. The number of aliphatic imine (C=N–C) groups is 2. The third kappa shape index (κ3) is 18.9. The number of phosphoric ester groups is 1. The van der Waals surface area contributed by atoms with Crippen LogP contribution in [0.3, 0.4) is 0 Å². The van der Waals surface area contributed by atoms with Crippen molar-refractivity contribution in [1.82, 2.24) is 20.2 Å². The van der Waals surface area contributed by atoms with E-state index >= 15 is 0 Å². The van der Waals surface area contributed by atoms with Gasteiger partial charge < -0.3 is 73.8 Å². The van der Waals surface area contributed by atoms with Gasteiger partial charge in [-0.25, -0.2) is 10.7 Å². The normalized spacial score (nSPS) is 28.1. The van der Waals surface area contributed by atoms with Gasteiger partial charge in [-0.15, -0.1) is 0 Å². The first-order valence-corrected chi connectivity index (χ1v) is 32.6. The van der Waals surface area contributed by atoms with Gasteiger partial charge in [-0.1, -0.05) is 12.8 Å². The number of aliphatic hydroxyl groups excluding tert-OH is 2. The monoisotopic (exact) mass is 1470 g/mol. The number of nitrogens with zero attached hydrogens (tertiary/aromatic N) is 7. The molecule has 14 atom stereocenters. The number of aromatic nitrogens is 2. The van der Waals surface area contributed by atoms with Crippen LogP contribution < -0.4 is 44.2 Å². The number of carbonyl (C=O) groups is 7. The predicted octanol–water partition coefficient (Wildman–Crippen LogP) is 3.26. The summed E-state index contributed by atoms with van der Waals surface area (Å²) >= 11 is 4.84. The molecule has 0 spiro atoms. The van der Waals surface area contributed by atoms with Gasteiger partial charge in [0, 0.05) is 23.2 Å². The Hall–Kier alpha value is -5.86. The number of imidazole rings is 1. The summed E-state index contributed by atoms with van der Waals surface area (Å²) in [4.78, 5) is 120. The van der Waals surface area contributed by atoms with Gasteiger partial charge in [-0.2, -0.15) is 12.8 Å². The fourth-order valence-corrected chi connectivity index (χ4v) is 15.3. The maximum Gasteiger partial charge on any atom is 3.00 e. The number of benzene rings is 1. The molecule has 2 unspecified atom stereocenters. The third-order valence-electron chi connectivity index (χ3n) is 19.3. The van der Waals surface area contributed by atoms with Crippen molar-refractivity contribution in [3.8, 4) is 0 Å². The van der Waals surface area contributed by atoms with Gasteiger partial charge >= 0.3 is 310 Å². The minimum absolute atomic E-state index is 0. The molecule has 32 heteroatoms. The fourth-order valence-electron chi connectivity index (χ4n) is 13.9. The van der Waals surface area contributed by atoms with Crippen LogP contribution in [0.25, 0.3) is 21.8 Å². The van der Waals surface area contributed by atoms with Crippen molar-refractivity contribution in [3.05, 3.63) is 75.8 Å². The Morgan fingerprint density at radius 2 is 1.56 bits per heavy atom. The van der Waals surface area contributed by atoms with Crippen molar-refractivity contribution in [2.75, 3.05) is 20.2 Å². The summed E-state index contributed by atoms with van der Waals surface area (Å²) in [6.45, 7) is 23.1. The van der Waals surface area contributed by atoms with Gasteiger partial charge in [0.15, 0.2) is 12.1 Å². The zero-order valence-electron chi connectivity index (χ0n) is 55.5. The molecular formula is C63H90Co3N14O14P-2. The molecule has 1 aromatic heterocycles. The minimum Gasteiger partial charge on any atom is -0.512 e. The van der Waals surface area contributed by atoms with E-state index in [1.165, 1.54) is 30.9 Å². The molecule has 4 aliphatic heterocycles. The summed E-state index contributed by atoms with van der Waals surface area (Å²) in [7, 11) is -3.83. The molecule has 7 amide bonds. The molecule has 28 nitrogen and oxygen atoms in total. The van der Waals surface area contributed by atoms with E-state index in [2.05, 4.69) is 15.6 Å². The zero-order chi connectivity index (χ0) is 70.2. The Kier molecular flexibility index (Phi) is 29.9. The summed E-state index contributed by atoms with van der Waals surface area (Å²) in [6, 6.07) is 2.67. The molecule has 2 aromatic rings. The van der Waals surface area contributed by atoms with Crippen LogP contribution in [0.1, 0.15) is 150 Å². The Labute approximate surface area is 583 Å². The molecule has 5 heterocycles. The third-order valence-corrected chi connectivity index (χ3v) is 20.7. The van der Waals surface area contributed by atoms with E-state index in [1.54, 1.807) is 20.8 Å². The Morgan fingerprint density at radius 3 is 2.12 bits per heavy atom. The van der Waals surface area contributed by atoms with Gasteiger partial charge in [0.25, 0.3) is 7.82 Å². The number of hydrogen-bond acceptors (Lipinski definition) is 18. The quantitative estimate of drug-likeness (QED) is 0.0288. The molecule has 0 saturated carbocycles. The molecule has 1 radical (unpaired) electrons. The summed E-state index contributed by atoms with van der Waals surface area (Å²) < 4.78 is 32.3. The largest absolute Gasteiger partial charge is 3.00 e. The molecular weight excluding hydrogens is 1380 g/mol. The van der Waals surface area contributed by atoms with Crippen LogP contribution in [0.15, 0.2) is 51.5 Å². The van der Waals surface area contributed by atoms with E-state index in [-0.39, 0.29) is 122 Å². The average molecular weight is 1480 g/mol. The van der Waals surface area contributed by atoms with E-state index < -0.39 is 132 Å². The summed E-state index contributed by atoms with van der Waals surface area (Å²) in [5.41, 5.74) is 29.1. The van der Waals surface area contributed by atoms with E-state index in [0.717, 1.165) is 11.1 Å². The second-order valence-electron chi connectivity index (χ2n) is 26.0. The Morgan fingerprint density at radius 1 is 0.947 bits per heavy atom. The smallest absolute Gasteiger partial charge is 0.512 e. The molecule has 95 heavy (non-hydrogen) atoms. The van der Waals surface area contributed by atoms with E-state index in [0.29, 0.717) is 49.8 Å². The molecule has 4 aliphatic rings. The molecule has 530 valence electrons. The number of nitrogens with one attached hydrogen (secondary N) is 2. The number of nitrogens with two attached hydrogens (primary N) is 5. The van der Waals surface area contributed by atoms with Crippen molar-refractivity contribution in [1.29, 1.82) is 5.26 Å². The Balaban J connectivity index is 0.00000582. The fraction of sp³-hybridized carbons (Fsp3) is 0.619. The van der Waals surface area contributed by atoms with Gasteiger partial charge in [-0.3, -0.25) is 18.9 Å². The second kappa shape index (κ2) is 34.1. The number of allylic oxidation sites excluding steroid dienone is 4. The number of fused-ring (bicyclic) bond motifs is 1. The maximum atomic E-state index is 14.3. The average Bonchev–Trinajstić information content (AvgIpc) is 1.54. The van der Waals surface area contributed by atoms with Crippen LogP contribution in [0.4, 0.5) is 0 Å². The summed E-state index contributed by atoms with van der Waals surface area (Å²) in [5, 5.41) is 50.9. The van der Waals surface area contributed by atoms with Crippen molar-refractivity contribution in [2.45, 2.75) is 189 Å². The SMILES string of the molecule is CNC(=O)CC[C@@H]1C([C](C)=[Co])=N[C@@](C)(C2[N-]/C(=C(/C)C3=N/C(=C\C(=[N-])[C@@H](CCC(N)=O)[C-](C)CC(N)=O)C(C)(C)[C@@H]3CCC(N)=O)[C@](C)(CCC(=O)NC[C@@H](C)OP(=O)([O-])O[C@H]3[C@@H](O)[C@@H](n4cnc5cc(C)c(C)cc54)O[C@@H]3CO)[C@H]2CC(N)=O)[C@@]1(C)CC(N)=O.[C-]#N.[Co+3].[Co]. The van der Waals surface area contributed by atoms with Crippen LogP contribution >= 0.6 is 7.82 Å². The van der Waals surface area contributed by atoms with E-state index in [1.807, 2.05) is 60.6 Å². The molecule has 0 bridgehead atoms. The van der Waals surface area contributed by atoms with Crippen molar-refractivity contribution < 1.29 is 116 Å². The van der Waals surface area contributed by atoms with Crippen LogP contribution in [0, 0.1) is 71.5 Å². The number of phosphoric acid groups is 1. The number of aliphatic hydroxyl groups is 2. The zero-order valence-corrected chi connectivity index (χ0v) is 59.6. The molecule has 2 fully saturated rings. The van der Waals surface area contributed by atoms with Gasteiger partial charge in [0.2, 0.25) is 11.8 Å². The van der Waals surface area contributed by atoms with Gasteiger partial charge in [0.1, 0.15) is 18.3 Å². The van der Waals surface area contributed by atoms with Crippen molar-refractivity contribution in [2.24, 2.45) is 78.6 Å². The first kappa shape index (κ1) is 83.4. The maximum absolute atomic E-state index is 14.3. The Bertz CT molecular complexity index is 3450. The second-order valence-corrected chi connectivity index (χ2v) is 28.1. The molecule has 14 N–H and O–H groups in total. The minimum atomic E-state index is -5.33. The number of aryl methyl sites for hydroxylation is 2. The summed E-state index contributed by atoms with van der Waals surface area (Å²) in [6.07, 6.45) is -5.10. The standard InChI is InChI=1S/C62H92N13O14P.CN.3Co/c1-13-41-37(16-19-51(82)69-12)61(10,27-50(68)81)62(11,74-41)57-39(25-49(67)80)60(9,56(73-57)35(6)53-38(15-18-47(65)78)59(7,8)45(72-53)26-40(63)36(14-17-46(64)77)33(4)24-48(66)79)21-20-52(83)70-28-34(5)88-90(85,86)89-55-44(29-76)87-58(54(55)84)75-30-71-42-22-31(2)32(3)23-43(42)75;1-2;;;/h22-23,26,30,34,36-39,44,54-55,57-58,76,84H,14-21,24-25,27-29H2,1-12H3,(H14-,63,64,65,66,67,68,69,70,72,73,77,78,79,80,81,82,83,85,86);;;;/q-2;-1;;;+3/p-2/t34-,36+,37-,38-,39+,44-,54-,55-,57?,58+,60-,61+,62+;;;;/m1..../s1. The first-order chi connectivity index (χ1) is 43.3. The van der Waals surface area contributed by atoms with Crippen LogP contribution in [-0.4, -0.2) is 139 Å². The van der Waals surface area contributed by atoms with Gasteiger partial charge in [0.05, 0.1) is 30.1 Å². The van der Waals surface area contributed by atoms with Gasteiger partial charge in [-0.05, 0) is 44.0 Å². The van der Waals surface area contributed by atoms with Crippen LogP contribution in [-0.2, 0) is 101 Å². The molecule has 1 aromatic carbocycles. The number of rotatable bonds is 32. The number of primary amides is 5. The number of hydrogen-bond donors (Lipinski definition) is 9. The van der Waals surface area contributed by atoms with Crippen LogP contribution in [0.5, 0.6) is 0 Å². The van der Waals surface area contributed by atoms with E-state index in [9.17, 15) is 58.6 Å². The number of carbonyl (C=O) groups excluding carboxylic acids is 7. The summed E-state index contributed by atoms with van der Waals surface area (Å²) in [5.74, 6) is -6.74. The first-order valence-electron chi connectivity index (χ1n) is 30.6. The number of amides is 7.